The zero-order valence-electron chi connectivity index (χ0n) is 10.6. The van der Waals surface area contributed by atoms with E-state index in [4.69, 9.17) is 0 Å². The predicted molar refractivity (Wildman–Crippen MR) is 69.7 cm³/mol. The molecule has 1 rings (SSSR count). The maximum absolute atomic E-state index is 9.93. The van der Waals surface area contributed by atoms with Gasteiger partial charge < -0.3 is 5.11 Å². The number of hydrogen-bond donors (Lipinski definition) is 1. The topological polar surface area (TPSA) is 20.2 Å². The summed E-state index contributed by atoms with van der Waals surface area (Å²) in [4.78, 5) is 0. The average molecular weight is 218 g/mol. The fourth-order valence-electron chi connectivity index (χ4n) is 1.79. The smallest absolute Gasteiger partial charge is 0.0583 e. The molecule has 0 aliphatic rings. The minimum Gasteiger partial charge on any atom is -0.393 e. The molecule has 1 N–H and O–H groups in total. The van der Waals surface area contributed by atoms with Gasteiger partial charge in [-0.1, -0.05) is 29.3 Å². The van der Waals surface area contributed by atoms with Crippen LogP contribution >= 0.6 is 0 Å². The highest BCUT2D eigenvalue weighted by atomic mass is 16.3. The summed E-state index contributed by atoms with van der Waals surface area (Å²) in [6.45, 7) is 10.0. The van der Waals surface area contributed by atoms with Crippen LogP contribution in [0.25, 0.3) is 0 Å². The summed E-state index contributed by atoms with van der Waals surface area (Å²) < 4.78 is 0. The number of rotatable bonds is 5. The zero-order chi connectivity index (χ0) is 12.1. The van der Waals surface area contributed by atoms with Gasteiger partial charge in [0.25, 0.3) is 0 Å². The Morgan fingerprint density at radius 3 is 2.69 bits per heavy atom. The minimum atomic E-state index is -0.253. The van der Waals surface area contributed by atoms with Crippen molar-refractivity contribution in [3.63, 3.8) is 0 Å². The third-order valence-electron chi connectivity index (χ3n) is 2.86. The van der Waals surface area contributed by atoms with E-state index in [2.05, 4.69) is 38.6 Å². The van der Waals surface area contributed by atoms with Crippen molar-refractivity contribution in [3.8, 4) is 0 Å². The lowest BCUT2D eigenvalue weighted by Gasteiger charge is -2.13. The van der Waals surface area contributed by atoms with Crippen LogP contribution in [0, 0.1) is 13.8 Å². The molecule has 0 aliphatic carbocycles. The lowest BCUT2D eigenvalue weighted by molar-refractivity contribution is 0.165. The van der Waals surface area contributed by atoms with E-state index in [0.29, 0.717) is 0 Å². The van der Waals surface area contributed by atoms with E-state index in [9.17, 15) is 5.11 Å². The normalized spacial score (nSPS) is 12.5. The summed E-state index contributed by atoms with van der Waals surface area (Å²) in [5.41, 5.74) is 4.92. The van der Waals surface area contributed by atoms with Gasteiger partial charge in [-0.2, -0.15) is 0 Å². The summed E-state index contributed by atoms with van der Waals surface area (Å²) >= 11 is 0. The average Bonchev–Trinajstić information content (AvgIpc) is 2.20. The second kappa shape index (κ2) is 5.86. The van der Waals surface area contributed by atoms with Crippen LogP contribution in [0.5, 0.6) is 0 Å². The quantitative estimate of drug-likeness (QED) is 0.749. The van der Waals surface area contributed by atoms with Crippen molar-refractivity contribution in [3.05, 3.63) is 47.0 Å². The lowest BCUT2D eigenvalue weighted by atomic mass is 9.97. The Bertz CT molecular complexity index is 366. The van der Waals surface area contributed by atoms with E-state index in [1.54, 1.807) is 0 Å². The van der Waals surface area contributed by atoms with E-state index < -0.39 is 0 Å². The van der Waals surface area contributed by atoms with Gasteiger partial charge >= 0.3 is 0 Å². The lowest BCUT2D eigenvalue weighted by Crippen LogP contribution is -2.11. The number of aliphatic hydroxyl groups excluding tert-OH is 1. The molecule has 1 aromatic carbocycles. The molecule has 1 unspecified atom stereocenters. The van der Waals surface area contributed by atoms with Gasteiger partial charge in [0.15, 0.2) is 0 Å². The van der Waals surface area contributed by atoms with Crippen molar-refractivity contribution in [2.45, 2.75) is 46.1 Å². The van der Waals surface area contributed by atoms with Gasteiger partial charge in [0.2, 0.25) is 0 Å². The first-order valence-electron chi connectivity index (χ1n) is 5.87. The van der Waals surface area contributed by atoms with E-state index in [0.717, 1.165) is 24.8 Å². The van der Waals surface area contributed by atoms with Crippen molar-refractivity contribution in [1.29, 1.82) is 0 Å². The Balaban J connectivity index is 2.58. The first-order chi connectivity index (χ1) is 7.49. The third kappa shape index (κ3) is 4.19. The number of allylic oxidation sites excluding steroid dienone is 1. The van der Waals surface area contributed by atoms with Crippen LogP contribution in [0.15, 0.2) is 30.4 Å². The zero-order valence-corrected chi connectivity index (χ0v) is 10.6. The molecule has 16 heavy (non-hydrogen) atoms. The molecule has 1 nitrogen and oxygen atoms in total. The predicted octanol–water partition coefficient (Wildman–Crippen LogP) is 3.56. The highest BCUT2D eigenvalue weighted by Crippen LogP contribution is 2.15. The second-order valence-corrected chi connectivity index (χ2v) is 4.78. The van der Waals surface area contributed by atoms with Gasteiger partial charge in [-0.3, -0.25) is 0 Å². The highest BCUT2D eigenvalue weighted by molar-refractivity contribution is 5.30. The molecule has 1 atom stereocenters. The molecule has 0 radical (unpaired) electrons. The standard InChI is InChI=1S/C15H22O/c1-11(2)5-8-15(16)10-14-9-12(3)6-7-13(14)4/h6-7,9,15-16H,1,5,8,10H2,2-4H3. The van der Waals surface area contributed by atoms with Gasteiger partial charge in [-0.15, -0.1) is 6.58 Å². The highest BCUT2D eigenvalue weighted by Gasteiger charge is 2.07. The van der Waals surface area contributed by atoms with Crippen LogP contribution in [0.4, 0.5) is 0 Å². The van der Waals surface area contributed by atoms with Crippen LogP contribution in [-0.2, 0) is 6.42 Å². The van der Waals surface area contributed by atoms with Crippen LogP contribution in [0.1, 0.15) is 36.5 Å². The van der Waals surface area contributed by atoms with Gasteiger partial charge in [0.1, 0.15) is 0 Å². The summed E-state index contributed by atoms with van der Waals surface area (Å²) in [6.07, 6.45) is 2.22. The van der Waals surface area contributed by atoms with E-state index >= 15 is 0 Å². The molecular formula is C15H22O. The molecule has 0 spiro atoms. The summed E-state index contributed by atoms with van der Waals surface area (Å²) in [5, 5.41) is 9.93. The molecule has 0 amide bonds. The van der Waals surface area contributed by atoms with Crippen LogP contribution in [0.2, 0.25) is 0 Å². The summed E-state index contributed by atoms with van der Waals surface area (Å²) in [5.74, 6) is 0. The SMILES string of the molecule is C=C(C)CCC(O)Cc1cc(C)ccc1C. The molecule has 0 bridgehead atoms. The van der Waals surface area contributed by atoms with Gasteiger partial charge in [-0.25, -0.2) is 0 Å². The molecule has 0 aromatic heterocycles. The fourth-order valence-corrected chi connectivity index (χ4v) is 1.79. The largest absolute Gasteiger partial charge is 0.393 e. The van der Waals surface area contributed by atoms with Crippen molar-refractivity contribution < 1.29 is 5.11 Å². The Labute approximate surface area is 98.8 Å². The molecule has 0 saturated heterocycles. The number of hydrogen-bond acceptors (Lipinski definition) is 1. The molecule has 88 valence electrons. The summed E-state index contributed by atoms with van der Waals surface area (Å²) in [6, 6.07) is 6.40. The van der Waals surface area contributed by atoms with E-state index in [1.807, 2.05) is 6.92 Å². The Hall–Kier alpha value is -1.08. The van der Waals surface area contributed by atoms with E-state index in [-0.39, 0.29) is 6.10 Å². The number of benzene rings is 1. The van der Waals surface area contributed by atoms with Crippen molar-refractivity contribution >= 4 is 0 Å². The van der Waals surface area contributed by atoms with E-state index in [1.165, 1.54) is 16.7 Å². The van der Waals surface area contributed by atoms with Crippen molar-refractivity contribution in [2.75, 3.05) is 0 Å². The Morgan fingerprint density at radius 2 is 2.06 bits per heavy atom. The van der Waals surface area contributed by atoms with Gasteiger partial charge in [-0.05, 0) is 51.2 Å². The maximum Gasteiger partial charge on any atom is 0.0583 e. The van der Waals surface area contributed by atoms with Crippen LogP contribution in [-0.4, -0.2) is 11.2 Å². The first-order valence-corrected chi connectivity index (χ1v) is 5.87. The molecular weight excluding hydrogens is 196 g/mol. The molecule has 0 fully saturated rings. The van der Waals surface area contributed by atoms with Crippen molar-refractivity contribution in [2.24, 2.45) is 0 Å². The Morgan fingerprint density at radius 1 is 1.38 bits per heavy atom. The molecule has 1 heteroatoms. The molecule has 0 heterocycles. The number of aryl methyl sites for hydroxylation is 2. The maximum atomic E-state index is 9.93. The Kier molecular flexibility index (Phi) is 4.75. The van der Waals surface area contributed by atoms with Crippen LogP contribution in [0.3, 0.4) is 0 Å². The fraction of sp³-hybridized carbons (Fsp3) is 0.467. The number of aliphatic hydroxyl groups is 1. The van der Waals surface area contributed by atoms with Crippen LogP contribution < -0.4 is 0 Å². The first kappa shape index (κ1) is 13.0. The summed E-state index contributed by atoms with van der Waals surface area (Å²) in [7, 11) is 0. The van der Waals surface area contributed by atoms with Crippen molar-refractivity contribution in [1.82, 2.24) is 0 Å². The molecule has 0 saturated carbocycles. The molecule has 0 aliphatic heterocycles. The molecule has 1 aromatic rings. The third-order valence-corrected chi connectivity index (χ3v) is 2.86. The van der Waals surface area contributed by atoms with Gasteiger partial charge in [0, 0.05) is 0 Å². The second-order valence-electron chi connectivity index (χ2n) is 4.78. The van der Waals surface area contributed by atoms with Gasteiger partial charge in [0.05, 0.1) is 6.10 Å². The minimum absolute atomic E-state index is 0.253. The monoisotopic (exact) mass is 218 g/mol.